The zero-order valence-corrected chi connectivity index (χ0v) is 16.3. The van der Waals surface area contributed by atoms with E-state index in [0.29, 0.717) is 23.7 Å². The summed E-state index contributed by atoms with van der Waals surface area (Å²) in [5.41, 5.74) is 0.565. The van der Waals surface area contributed by atoms with Crippen LogP contribution in [0.15, 0.2) is 59.0 Å². The van der Waals surface area contributed by atoms with Crippen molar-refractivity contribution in [2.24, 2.45) is 0 Å². The van der Waals surface area contributed by atoms with Gasteiger partial charge in [0.1, 0.15) is 12.1 Å². The van der Waals surface area contributed by atoms with Crippen molar-refractivity contribution in [2.45, 2.75) is 36.2 Å². The third kappa shape index (κ3) is 4.30. The van der Waals surface area contributed by atoms with E-state index >= 15 is 0 Å². The predicted octanol–water partition coefficient (Wildman–Crippen LogP) is 2.58. The Balaban J connectivity index is 1.34. The summed E-state index contributed by atoms with van der Waals surface area (Å²) in [5, 5.41) is 6.88. The minimum absolute atomic E-state index is 0.130. The fraction of sp³-hybridized carbons (Fsp3) is 0.316. The van der Waals surface area contributed by atoms with E-state index in [4.69, 9.17) is 0 Å². The number of rotatable bonds is 6. The van der Waals surface area contributed by atoms with Crippen molar-refractivity contribution in [3.63, 3.8) is 0 Å². The zero-order valence-electron chi connectivity index (χ0n) is 15.4. The van der Waals surface area contributed by atoms with Crippen LogP contribution in [0.3, 0.4) is 0 Å². The number of pyridine rings is 1. The maximum atomic E-state index is 11.9. The summed E-state index contributed by atoms with van der Waals surface area (Å²) < 4.78 is 1.47. The average Bonchev–Trinajstić information content (AvgIpc) is 3.16. The van der Waals surface area contributed by atoms with Gasteiger partial charge in [-0.1, -0.05) is 0 Å². The molecule has 0 amide bonds. The third-order valence-electron chi connectivity index (χ3n) is 4.73. The Hall–Kier alpha value is -2.94. The summed E-state index contributed by atoms with van der Waals surface area (Å²) >= 11 is 1.63. The van der Waals surface area contributed by atoms with Gasteiger partial charge in [0.15, 0.2) is 0 Å². The molecule has 0 radical (unpaired) electrons. The number of anilines is 2. The van der Waals surface area contributed by atoms with Gasteiger partial charge in [0, 0.05) is 41.6 Å². The normalized spacial score (nSPS) is 18.8. The molecule has 1 aliphatic carbocycles. The average molecular weight is 395 g/mol. The zero-order chi connectivity index (χ0) is 19.3. The Kier molecular flexibility index (Phi) is 5.52. The van der Waals surface area contributed by atoms with E-state index in [1.165, 1.54) is 23.2 Å². The number of hydrogen-bond acceptors (Lipinski definition) is 8. The Labute approximate surface area is 166 Å². The van der Waals surface area contributed by atoms with Crippen LogP contribution in [0.2, 0.25) is 0 Å². The Morgan fingerprint density at radius 3 is 2.50 bits per heavy atom. The van der Waals surface area contributed by atoms with Crippen molar-refractivity contribution in [1.82, 2.24) is 24.5 Å². The van der Waals surface area contributed by atoms with Gasteiger partial charge in [0.05, 0.1) is 11.9 Å². The number of aromatic nitrogens is 5. The van der Waals surface area contributed by atoms with E-state index in [9.17, 15) is 4.79 Å². The van der Waals surface area contributed by atoms with Crippen LogP contribution in [-0.4, -0.2) is 42.8 Å². The molecule has 1 fully saturated rings. The number of nitrogens with one attached hydrogen (secondary N) is 2. The summed E-state index contributed by atoms with van der Waals surface area (Å²) in [6, 6.07) is 5.86. The van der Waals surface area contributed by atoms with Crippen LogP contribution < -0.4 is 16.2 Å². The summed E-state index contributed by atoms with van der Waals surface area (Å²) in [5.74, 6) is 1.47. The number of nitrogens with zero attached hydrogens (tertiary/aromatic N) is 5. The van der Waals surface area contributed by atoms with Gasteiger partial charge < -0.3 is 10.6 Å². The Morgan fingerprint density at radius 2 is 1.82 bits per heavy atom. The van der Waals surface area contributed by atoms with Gasteiger partial charge in [-0.15, -0.1) is 11.8 Å². The molecule has 144 valence electrons. The Morgan fingerprint density at radius 1 is 1.04 bits per heavy atom. The van der Waals surface area contributed by atoms with Crippen LogP contribution in [0.4, 0.5) is 11.8 Å². The van der Waals surface area contributed by atoms with Crippen molar-refractivity contribution in [3.8, 4) is 5.69 Å². The second-order valence-corrected chi connectivity index (χ2v) is 7.51. The van der Waals surface area contributed by atoms with Crippen molar-refractivity contribution >= 4 is 23.5 Å². The van der Waals surface area contributed by atoms with Gasteiger partial charge in [0.25, 0.3) is 5.56 Å². The quantitative estimate of drug-likeness (QED) is 0.615. The molecule has 9 heteroatoms. The summed E-state index contributed by atoms with van der Waals surface area (Å²) in [6.07, 6.45) is 13.4. The standard InChI is InChI=1S/C19H21N7OS/c1-28-16-10-22-19(23-11-16)25-14-3-2-13(8-14)24-17-5-4-15(9-21-17)26-12-20-7-6-18(26)27/h4-7,9-14H,2-3,8H2,1H3,(H,21,24)(H,22,23,25)/t13-,14-/m0/s1. The summed E-state index contributed by atoms with van der Waals surface area (Å²) in [4.78, 5) is 30.1. The first-order chi connectivity index (χ1) is 13.7. The molecule has 1 saturated carbocycles. The van der Waals surface area contributed by atoms with Gasteiger partial charge in [-0.3, -0.25) is 9.36 Å². The number of thioether (sulfide) groups is 1. The summed E-state index contributed by atoms with van der Waals surface area (Å²) in [7, 11) is 0. The lowest BCUT2D eigenvalue weighted by Crippen LogP contribution is -2.22. The van der Waals surface area contributed by atoms with Gasteiger partial charge in [-0.05, 0) is 37.7 Å². The second-order valence-electron chi connectivity index (χ2n) is 6.63. The molecule has 0 bridgehead atoms. The minimum Gasteiger partial charge on any atom is -0.367 e. The van der Waals surface area contributed by atoms with Crippen molar-refractivity contribution in [3.05, 3.63) is 59.7 Å². The summed E-state index contributed by atoms with van der Waals surface area (Å²) in [6.45, 7) is 0. The molecule has 3 aromatic heterocycles. The first-order valence-electron chi connectivity index (χ1n) is 9.09. The van der Waals surface area contributed by atoms with E-state index in [2.05, 4.69) is 30.6 Å². The van der Waals surface area contributed by atoms with Crippen LogP contribution in [-0.2, 0) is 0 Å². The van der Waals surface area contributed by atoms with E-state index in [1.807, 2.05) is 30.8 Å². The molecule has 3 heterocycles. The minimum atomic E-state index is -0.130. The predicted molar refractivity (Wildman–Crippen MR) is 110 cm³/mol. The molecule has 28 heavy (non-hydrogen) atoms. The highest BCUT2D eigenvalue weighted by atomic mass is 32.2. The highest BCUT2D eigenvalue weighted by Crippen LogP contribution is 2.25. The number of hydrogen-bond donors (Lipinski definition) is 2. The van der Waals surface area contributed by atoms with Crippen LogP contribution in [0.1, 0.15) is 19.3 Å². The highest BCUT2D eigenvalue weighted by molar-refractivity contribution is 7.98. The highest BCUT2D eigenvalue weighted by Gasteiger charge is 2.25. The molecular formula is C19H21N7OS. The van der Waals surface area contributed by atoms with Gasteiger partial charge >= 0.3 is 0 Å². The van der Waals surface area contributed by atoms with Crippen molar-refractivity contribution in [2.75, 3.05) is 16.9 Å². The smallest absolute Gasteiger partial charge is 0.257 e. The van der Waals surface area contributed by atoms with Crippen molar-refractivity contribution in [1.29, 1.82) is 0 Å². The first-order valence-corrected chi connectivity index (χ1v) is 10.3. The molecule has 0 spiro atoms. The lowest BCUT2D eigenvalue weighted by atomic mass is 10.2. The van der Waals surface area contributed by atoms with Gasteiger partial charge in [-0.2, -0.15) is 0 Å². The maximum absolute atomic E-state index is 11.9. The monoisotopic (exact) mass is 395 g/mol. The van der Waals surface area contributed by atoms with Crippen LogP contribution >= 0.6 is 11.8 Å². The third-order valence-corrected chi connectivity index (χ3v) is 5.41. The topological polar surface area (TPSA) is 97.6 Å². The molecule has 0 aromatic carbocycles. The molecule has 4 rings (SSSR count). The lowest BCUT2D eigenvalue weighted by molar-refractivity contribution is 0.716. The molecule has 0 unspecified atom stereocenters. The van der Waals surface area contributed by atoms with Crippen LogP contribution in [0, 0.1) is 0 Å². The molecule has 0 aliphatic heterocycles. The van der Waals surface area contributed by atoms with E-state index in [0.717, 1.165) is 30.0 Å². The SMILES string of the molecule is CSc1cnc(N[C@H]2CC[C@H](Nc3ccc(-n4cnccc4=O)cn3)C2)nc1. The Bertz CT molecular complexity index is 975. The molecule has 3 aromatic rings. The molecule has 2 atom stereocenters. The largest absolute Gasteiger partial charge is 0.367 e. The first kappa shape index (κ1) is 18.4. The fourth-order valence-electron chi connectivity index (χ4n) is 3.29. The van der Waals surface area contributed by atoms with E-state index in [1.54, 1.807) is 18.0 Å². The van der Waals surface area contributed by atoms with E-state index < -0.39 is 0 Å². The van der Waals surface area contributed by atoms with Crippen molar-refractivity contribution < 1.29 is 0 Å². The molecular weight excluding hydrogens is 374 g/mol. The molecule has 8 nitrogen and oxygen atoms in total. The lowest BCUT2D eigenvalue weighted by Gasteiger charge is -2.15. The fourth-order valence-corrected chi connectivity index (χ4v) is 3.60. The second kappa shape index (κ2) is 8.39. The van der Waals surface area contributed by atoms with Crippen LogP contribution in [0.5, 0.6) is 0 Å². The van der Waals surface area contributed by atoms with Gasteiger partial charge in [0.2, 0.25) is 5.95 Å². The van der Waals surface area contributed by atoms with E-state index in [-0.39, 0.29) is 5.56 Å². The van der Waals surface area contributed by atoms with Gasteiger partial charge in [-0.25, -0.2) is 19.9 Å². The van der Waals surface area contributed by atoms with Crippen LogP contribution in [0.25, 0.3) is 5.69 Å². The maximum Gasteiger partial charge on any atom is 0.257 e. The molecule has 0 saturated heterocycles. The molecule has 2 N–H and O–H groups in total. The molecule has 1 aliphatic rings.